The minimum Gasteiger partial charge on any atom is -0.349 e. The molecule has 1 aliphatic rings. The molecule has 2 aromatic heterocycles. The Balaban J connectivity index is 1.42. The number of pyridine rings is 1. The SMILES string of the molecule is CC(C)n1ccc(CC2CNCCC2NC(=O)c2ccc(-c3cccc(F)c3)nc2)n1. The van der Waals surface area contributed by atoms with Crippen molar-refractivity contribution in [2.45, 2.75) is 38.8 Å². The lowest BCUT2D eigenvalue weighted by Gasteiger charge is -2.32. The van der Waals surface area contributed by atoms with Gasteiger partial charge in [-0.05, 0) is 69.5 Å². The smallest absolute Gasteiger partial charge is 0.253 e. The predicted octanol–water partition coefficient (Wildman–Crippen LogP) is 3.62. The number of hydrogen-bond acceptors (Lipinski definition) is 4. The van der Waals surface area contributed by atoms with Crippen molar-refractivity contribution in [1.82, 2.24) is 25.4 Å². The van der Waals surface area contributed by atoms with Crippen LogP contribution in [0.3, 0.4) is 0 Å². The molecule has 0 saturated carbocycles. The molecule has 1 aromatic carbocycles. The molecular weight excluding hydrogens is 393 g/mol. The van der Waals surface area contributed by atoms with E-state index in [1.165, 1.54) is 12.1 Å². The summed E-state index contributed by atoms with van der Waals surface area (Å²) in [7, 11) is 0. The van der Waals surface area contributed by atoms with Gasteiger partial charge in [0.1, 0.15) is 5.82 Å². The van der Waals surface area contributed by atoms with Crippen LogP contribution in [-0.4, -0.2) is 39.8 Å². The van der Waals surface area contributed by atoms with Gasteiger partial charge in [-0.2, -0.15) is 5.10 Å². The molecule has 1 aliphatic heterocycles. The molecule has 0 bridgehead atoms. The second-order valence-electron chi connectivity index (χ2n) is 8.36. The van der Waals surface area contributed by atoms with E-state index in [1.807, 2.05) is 10.9 Å². The van der Waals surface area contributed by atoms with E-state index in [2.05, 4.69) is 40.6 Å². The number of nitrogens with zero attached hydrogens (tertiary/aromatic N) is 3. The molecule has 1 fully saturated rings. The zero-order valence-electron chi connectivity index (χ0n) is 17.9. The van der Waals surface area contributed by atoms with Gasteiger partial charge < -0.3 is 10.6 Å². The predicted molar refractivity (Wildman–Crippen MR) is 118 cm³/mol. The van der Waals surface area contributed by atoms with Crippen molar-refractivity contribution in [1.29, 1.82) is 0 Å². The lowest BCUT2D eigenvalue weighted by Crippen LogP contribution is -2.50. The Bertz CT molecular complexity index is 1030. The highest BCUT2D eigenvalue weighted by Crippen LogP contribution is 2.20. The Morgan fingerprint density at radius 3 is 2.87 bits per heavy atom. The maximum absolute atomic E-state index is 13.5. The maximum Gasteiger partial charge on any atom is 0.253 e. The van der Waals surface area contributed by atoms with E-state index in [0.717, 1.165) is 31.6 Å². The molecule has 2 unspecified atom stereocenters. The number of nitrogens with one attached hydrogen (secondary N) is 2. The van der Waals surface area contributed by atoms with E-state index < -0.39 is 0 Å². The van der Waals surface area contributed by atoms with Gasteiger partial charge in [-0.25, -0.2) is 4.39 Å². The van der Waals surface area contributed by atoms with Crippen molar-refractivity contribution >= 4 is 5.91 Å². The average molecular weight is 422 g/mol. The highest BCUT2D eigenvalue weighted by atomic mass is 19.1. The second-order valence-corrected chi connectivity index (χ2v) is 8.36. The van der Waals surface area contributed by atoms with Crippen LogP contribution in [0, 0.1) is 11.7 Å². The van der Waals surface area contributed by atoms with E-state index >= 15 is 0 Å². The Hall–Kier alpha value is -3.06. The summed E-state index contributed by atoms with van der Waals surface area (Å²) in [6.07, 6.45) is 5.25. The number of piperidine rings is 1. The molecule has 2 N–H and O–H groups in total. The quantitative estimate of drug-likeness (QED) is 0.638. The maximum atomic E-state index is 13.5. The fourth-order valence-electron chi connectivity index (χ4n) is 3.97. The first kappa shape index (κ1) is 21.2. The number of carbonyl (C=O) groups is 1. The number of benzene rings is 1. The fourth-order valence-corrected chi connectivity index (χ4v) is 3.97. The summed E-state index contributed by atoms with van der Waals surface area (Å²) in [4.78, 5) is 17.2. The molecule has 162 valence electrons. The van der Waals surface area contributed by atoms with Gasteiger partial charge in [0, 0.05) is 36.6 Å². The standard InChI is InChI=1S/C24H28FN5O/c1-16(2)30-11-9-21(29-30)13-19-14-26-10-8-23(19)28-24(31)18-6-7-22(27-15-18)17-4-3-5-20(25)12-17/h3-7,9,11-12,15-16,19,23,26H,8,10,13-14H2,1-2H3,(H,28,31). The normalized spacial score (nSPS) is 18.8. The summed E-state index contributed by atoms with van der Waals surface area (Å²) in [5.74, 6) is -0.174. The molecule has 2 atom stereocenters. The van der Waals surface area contributed by atoms with Gasteiger partial charge in [0.05, 0.1) is 17.0 Å². The average Bonchev–Trinajstić information content (AvgIpc) is 3.24. The first-order chi connectivity index (χ1) is 15.0. The molecule has 31 heavy (non-hydrogen) atoms. The van der Waals surface area contributed by atoms with Crippen LogP contribution in [0.4, 0.5) is 4.39 Å². The first-order valence-corrected chi connectivity index (χ1v) is 10.8. The van der Waals surface area contributed by atoms with Gasteiger partial charge in [-0.1, -0.05) is 12.1 Å². The molecule has 7 heteroatoms. The molecule has 6 nitrogen and oxygen atoms in total. The molecular formula is C24H28FN5O. The molecule has 4 rings (SSSR count). The van der Waals surface area contributed by atoms with Crippen molar-refractivity contribution in [3.05, 3.63) is 71.9 Å². The minimum atomic E-state index is -0.309. The lowest BCUT2D eigenvalue weighted by atomic mass is 9.89. The monoisotopic (exact) mass is 421 g/mol. The van der Waals surface area contributed by atoms with Crippen LogP contribution < -0.4 is 10.6 Å². The van der Waals surface area contributed by atoms with E-state index in [-0.39, 0.29) is 23.7 Å². The van der Waals surface area contributed by atoms with Crippen molar-refractivity contribution in [2.75, 3.05) is 13.1 Å². The van der Waals surface area contributed by atoms with E-state index in [1.54, 1.807) is 30.5 Å². The topological polar surface area (TPSA) is 71.8 Å². The Morgan fingerprint density at radius 2 is 2.16 bits per heavy atom. The van der Waals surface area contributed by atoms with Crippen LogP contribution in [0.2, 0.25) is 0 Å². The second kappa shape index (κ2) is 9.39. The largest absolute Gasteiger partial charge is 0.349 e. The van der Waals surface area contributed by atoms with Gasteiger partial charge >= 0.3 is 0 Å². The number of amides is 1. The molecule has 1 saturated heterocycles. The first-order valence-electron chi connectivity index (χ1n) is 10.8. The number of halogens is 1. The Morgan fingerprint density at radius 1 is 1.29 bits per heavy atom. The highest BCUT2D eigenvalue weighted by molar-refractivity contribution is 5.94. The summed E-state index contributed by atoms with van der Waals surface area (Å²) >= 11 is 0. The van der Waals surface area contributed by atoms with Crippen molar-refractivity contribution in [3.8, 4) is 11.3 Å². The van der Waals surface area contributed by atoms with Crippen LogP contribution in [0.25, 0.3) is 11.3 Å². The van der Waals surface area contributed by atoms with Gasteiger partial charge in [-0.15, -0.1) is 0 Å². The molecule has 1 amide bonds. The van der Waals surface area contributed by atoms with Gasteiger partial charge in [-0.3, -0.25) is 14.5 Å². The van der Waals surface area contributed by atoms with Gasteiger partial charge in [0.25, 0.3) is 5.91 Å². The van der Waals surface area contributed by atoms with Crippen LogP contribution in [0.5, 0.6) is 0 Å². The van der Waals surface area contributed by atoms with Crippen molar-refractivity contribution < 1.29 is 9.18 Å². The summed E-state index contributed by atoms with van der Waals surface area (Å²) < 4.78 is 15.4. The lowest BCUT2D eigenvalue weighted by molar-refractivity contribution is 0.0909. The third-order valence-electron chi connectivity index (χ3n) is 5.73. The zero-order valence-corrected chi connectivity index (χ0v) is 17.9. The Labute approximate surface area is 181 Å². The molecule has 3 heterocycles. The Kier molecular flexibility index (Phi) is 6.42. The number of hydrogen-bond donors (Lipinski definition) is 2. The number of carbonyl (C=O) groups excluding carboxylic acids is 1. The highest BCUT2D eigenvalue weighted by Gasteiger charge is 2.27. The van der Waals surface area contributed by atoms with Crippen LogP contribution in [0.1, 0.15) is 42.4 Å². The third kappa shape index (κ3) is 5.17. The minimum absolute atomic E-state index is 0.0702. The van der Waals surface area contributed by atoms with Crippen molar-refractivity contribution in [2.24, 2.45) is 5.92 Å². The van der Waals surface area contributed by atoms with E-state index in [0.29, 0.717) is 22.9 Å². The van der Waals surface area contributed by atoms with E-state index in [9.17, 15) is 9.18 Å². The van der Waals surface area contributed by atoms with Crippen LogP contribution in [-0.2, 0) is 6.42 Å². The zero-order chi connectivity index (χ0) is 21.8. The fraction of sp³-hybridized carbons (Fsp3) is 0.375. The summed E-state index contributed by atoms with van der Waals surface area (Å²) in [6.45, 7) is 5.93. The van der Waals surface area contributed by atoms with E-state index in [4.69, 9.17) is 0 Å². The molecule has 0 spiro atoms. The van der Waals surface area contributed by atoms with Crippen molar-refractivity contribution in [3.63, 3.8) is 0 Å². The summed E-state index contributed by atoms with van der Waals surface area (Å²) in [5.41, 5.74) is 2.87. The van der Waals surface area contributed by atoms with Crippen LogP contribution in [0.15, 0.2) is 54.9 Å². The van der Waals surface area contributed by atoms with Gasteiger partial charge in [0.2, 0.25) is 0 Å². The summed E-state index contributed by atoms with van der Waals surface area (Å²) in [6, 6.07) is 12.2. The number of rotatable bonds is 6. The molecule has 3 aromatic rings. The van der Waals surface area contributed by atoms with Gasteiger partial charge in [0.15, 0.2) is 0 Å². The number of aromatic nitrogens is 3. The van der Waals surface area contributed by atoms with Crippen LogP contribution >= 0.6 is 0 Å². The third-order valence-corrected chi connectivity index (χ3v) is 5.73. The molecule has 0 aliphatic carbocycles. The summed E-state index contributed by atoms with van der Waals surface area (Å²) in [5, 5.41) is 11.3. The molecule has 0 radical (unpaired) electrons.